The van der Waals surface area contributed by atoms with E-state index in [0.717, 1.165) is 6.20 Å². The molecule has 0 aliphatic carbocycles. The summed E-state index contributed by atoms with van der Waals surface area (Å²) >= 11 is 5.68. The molecule has 0 spiro atoms. The van der Waals surface area contributed by atoms with E-state index in [9.17, 15) is 13.2 Å². The third kappa shape index (κ3) is 2.85. The van der Waals surface area contributed by atoms with Gasteiger partial charge in [-0.1, -0.05) is 11.6 Å². The fraction of sp³-hybridized carbons (Fsp3) is 0. The van der Waals surface area contributed by atoms with Gasteiger partial charge in [0.15, 0.2) is 5.03 Å². The third-order valence-electron chi connectivity index (χ3n) is 2.20. The number of anilines is 1. The molecular formula is C10H8ClN3O4S. The second-order valence-corrected chi connectivity index (χ2v) is 5.59. The van der Waals surface area contributed by atoms with Crippen LogP contribution in [0, 0.1) is 0 Å². The average molecular weight is 302 g/mol. The highest BCUT2D eigenvalue weighted by Crippen LogP contribution is 2.19. The van der Waals surface area contributed by atoms with E-state index in [2.05, 4.69) is 14.9 Å². The van der Waals surface area contributed by atoms with Crippen LogP contribution >= 0.6 is 11.6 Å². The van der Waals surface area contributed by atoms with Crippen LogP contribution in [0.2, 0.25) is 5.02 Å². The summed E-state index contributed by atoms with van der Waals surface area (Å²) in [6.07, 6.45) is 0.929. The Morgan fingerprint density at radius 2 is 1.95 bits per heavy atom. The highest BCUT2D eigenvalue weighted by atomic mass is 35.5. The van der Waals surface area contributed by atoms with Crippen LogP contribution in [-0.2, 0) is 10.0 Å². The number of halogens is 1. The zero-order valence-electron chi connectivity index (χ0n) is 9.29. The standard InChI is InChI=1S/C10H8ClN3O4S/c11-6-1-3-7(4-2-6)14-19(17,18)9-8(10(15)16)5-12-13-9/h1-5,14H,(H,12,13)(H,15,16). The van der Waals surface area contributed by atoms with Crippen molar-refractivity contribution in [3.05, 3.63) is 41.0 Å². The Kier molecular flexibility index (Phi) is 3.45. The summed E-state index contributed by atoms with van der Waals surface area (Å²) in [4.78, 5) is 10.9. The predicted molar refractivity (Wildman–Crippen MR) is 67.8 cm³/mol. The van der Waals surface area contributed by atoms with Crippen molar-refractivity contribution < 1.29 is 18.3 Å². The number of carboxylic acid groups (broad SMARTS) is 1. The number of H-pyrrole nitrogens is 1. The van der Waals surface area contributed by atoms with Crippen molar-refractivity contribution >= 4 is 33.3 Å². The number of benzene rings is 1. The van der Waals surface area contributed by atoms with Crippen molar-refractivity contribution in [2.45, 2.75) is 5.03 Å². The lowest BCUT2D eigenvalue weighted by Gasteiger charge is -2.06. The summed E-state index contributed by atoms with van der Waals surface area (Å²) in [5.41, 5.74) is -0.170. The normalized spacial score (nSPS) is 11.2. The first kappa shape index (κ1) is 13.4. The summed E-state index contributed by atoms with van der Waals surface area (Å²) in [7, 11) is -4.05. The van der Waals surface area contributed by atoms with E-state index in [4.69, 9.17) is 16.7 Å². The topological polar surface area (TPSA) is 112 Å². The number of aromatic nitrogens is 2. The Bertz CT molecular complexity index is 709. The van der Waals surface area contributed by atoms with Gasteiger partial charge in [-0.2, -0.15) is 13.5 Å². The number of hydrogen-bond donors (Lipinski definition) is 3. The van der Waals surface area contributed by atoms with E-state index >= 15 is 0 Å². The zero-order chi connectivity index (χ0) is 14.0. The van der Waals surface area contributed by atoms with Crippen LogP contribution in [-0.4, -0.2) is 29.7 Å². The Hall–Kier alpha value is -2.06. The zero-order valence-corrected chi connectivity index (χ0v) is 10.9. The molecule has 2 aromatic rings. The molecule has 0 bridgehead atoms. The molecule has 19 heavy (non-hydrogen) atoms. The first-order valence-electron chi connectivity index (χ1n) is 4.95. The van der Waals surface area contributed by atoms with Gasteiger partial charge in [-0.25, -0.2) is 4.79 Å². The first-order valence-corrected chi connectivity index (χ1v) is 6.81. The van der Waals surface area contributed by atoms with Crippen LogP contribution in [0.1, 0.15) is 10.4 Å². The summed E-state index contributed by atoms with van der Waals surface area (Å²) in [6.45, 7) is 0. The predicted octanol–water partition coefficient (Wildman–Crippen LogP) is 1.56. The number of carbonyl (C=O) groups is 1. The van der Waals surface area contributed by atoms with Gasteiger partial charge in [0.05, 0.1) is 6.20 Å². The van der Waals surface area contributed by atoms with E-state index in [1.165, 1.54) is 24.3 Å². The molecule has 1 aromatic carbocycles. The van der Waals surface area contributed by atoms with Crippen LogP contribution in [0.5, 0.6) is 0 Å². The van der Waals surface area contributed by atoms with E-state index in [-0.39, 0.29) is 5.69 Å². The van der Waals surface area contributed by atoms with Crippen LogP contribution in [0.3, 0.4) is 0 Å². The molecule has 3 N–H and O–H groups in total. The van der Waals surface area contributed by atoms with Gasteiger partial charge in [0.1, 0.15) is 5.56 Å². The van der Waals surface area contributed by atoms with E-state index in [0.29, 0.717) is 5.02 Å². The Morgan fingerprint density at radius 1 is 1.32 bits per heavy atom. The van der Waals surface area contributed by atoms with Crippen LogP contribution in [0.25, 0.3) is 0 Å². The number of carboxylic acids is 1. The lowest BCUT2D eigenvalue weighted by atomic mass is 10.3. The lowest BCUT2D eigenvalue weighted by molar-refractivity contribution is 0.0692. The molecule has 1 heterocycles. The highest BCUT2D eigenvalue weighted by molar-refractivity contribution is 7.92. The molecule has 0 unspecified atom stereocenters. The molecule has 100 valence electrons. The van der Waals surface area contributed by atoms with Crippen molar-refractivity contribution in [2.24, 2.45) is 0 Å². The van der Waals surface area contributed by atoms with Crippen LogP contribution in [0.4, 0.5) is 5.69 Å². The summed E-state index contributed by atoms with van der Waals surface area (Å²) < 4.78 is 26.2. The minimum absolute atomic E-state index is 0.260. The molecule has 0 aliphatic rings. The van der Waals surface area contributed by atoms with E-state index in [1.54, 1.807) is 0 Å². The number of aromatic carboxylic acids is 1. The highest BCUT2D eigenvalue weighted by Gasteiger charge is 2.24. The number of sulfonamides is 1. The van der Waals surface area contributed by atoms with Gasteiger partial charge in [0, 0.05) is 10.7 Å². The van der Waals surface area contributed by atoms with Gasteiger partial charge in [0.2, 0.25) is 0 Å². The van der Waals surface area contributed by atoms with Crippen molar-refractivity contribution in [1.29, 1.82) is 0 Å². The molecular weight excluding hydrogens is 294 g/mol. The summed E-state index contributed by atoms with van der Waals surface area (Å²) in [6, 6.07) is 5.92. The minimum Gasteiger partial charge on any atom is -0.478 e. The molecule has 9 heteroatoms. The molecule has 0 saturated heterocycles. The summed E-state index contributed by atoms with van der Waals surface area (Å²) in [5.74, 6) is -1.38. The van der Waals surface area contributed by atoms with E-state index in [1.807, 2.05) is 0 Å². The molecule has 0 aliphatic heterocycles. The van der Waals surface area contributed by atoms with Crippen molar-refractivity contribution in [1.82, 2.24) is 10.2 Å². The number of rotatable bonds is 4. The molecule has 0 saturated carbocycles. The minimum atomic E-state index is -4.05. The maximum Gasteiger partial charge on any atom is 0.340 e. The monoisotopic (exact) mass is 301 g/mol. The molecule has 7 nitrogen and oxygen atoms in total. The number of aromatic amines is 1. The number of nitrogens with zero attached hydrogens (tertiary/aromatic N) is 1. The van der Waals surface area contributed by atoms with Gasteiger partial charge < -0.3 is 5.11 Å². The molecule has 0 atom stereocenters. The maximum absolute atomic E-state index is 12.0. The fourth-order valence-electron chi connectivity index (χ4n) is 1.36. The van der Waals surface area contributed by atoms with Gasteiger partial charge in [0.25, 0.3) is 10.0 Å². The second kappa shape index (κ2) is 4.90. The lowest BCUT2D eigenvalue weighted by Crippen LogP contribution is -2.16. The van der Waals surface area contributed by atoms with Crippen LogP contribution < -0.4 is 4.72 Å². The molecule has 1 aromatic heterocycles. The van der Waals surface area contributed by atoms with Gasteiger partial charge in [-0.05, 0) is 24.3 Å². The third-order valence-corrected chi connectivity index (χ3v) is 3.81. The second-order valence-electron chi connectivity index (χ2n) is 3.53. The largest absolute Gasteiger partial charge is 0.478 e. The van der Waals surface area contributed by atoms with Crippen LogP contribution in [0.15, 0.2) is 35.5 Å². The maximum atomic E-state index is 12.0. The van der Waals surface area contributed by atoms with Gasteiger partial charge in [-0.15, -0.1) is 0 Å². The van der Waals surface area contributed by atoms with Gasteiger partial charge in [-0.3, -0.25) is 9.82 Å². The number of hydrogen-bond acceptors (Lipinski definition) is 4. The Labute approximate surface area is 113 Å². The number of nitrogens with one attached hydrogen (secondary N) is 2. The van der Waals surface area contributed by atoms with Gasteiger partial charge >= 0.3 is 5.97 Å². The SMILES string of the molecule is O=C(O)c1cn[nH]c1S(=O)(=O)Nc1ccc(Cl)cc1. The van der Waals surface area contributed by atoms with Crippen molar-refractivity contribution in [2.75, 3.05) is 4.72 Å². The average Bonchev–Trinajstić information content (AvgIpc) is 2.82. The Balaban J connectivity index is 2.35. The fourth-order valence-corrected chi connectivity index (χ4v) is 2.63. The van der Waals surface area contributed by atoms with E-state index < -0.39 is 26.6 Å². The quantitative estimate of drug-likeness (QED) is 0.793. The summed E-state index contributed by atoms with van der Waals surface area (Å²) in [5, 5.41) is 14.4. The molecule has 0 fully saturated rings. The first-order chi connectivity index (χ1) is 8.90. The molecule has 0 radical (unpaired) electrons. The molecule has 0 amide bonds. The Morgan fingerprint density at radius 3 is 2.53 bits per heavy atom. The van der Waals surface area contributed by atoms with Crippen molar-refractivity contribution in [3.8, 4) is 0 Å². The molecule has 2 rings (SSSR count). The smallest absolute Gasteiger partial charge is 0.340 e. The van der Waals surface area contributed by atoms with Crippen molar-refractivity contribution in [3.63, 3.8) is 0 Å².